The molecule has 0 unspecified atom stereocenters. The minimum Gasteiger partial charge on any atom is -0.379 e. The zero-order valence-electron chi connectivity index (χ0n) is 19.6. The van der Waals surface area contributed by atoms with E-state index >= 15 is 0 Å². The molecule has 1 saturated heterocycles. The van der Waals surface area contributed by atoms with Gasteiger partial charge in [0.1, 0.15) is 0 Å². The third-order valence-corrected chi connectivity index (χ3v) is 6.98. The second-order valence-corrected chi connectivity index (χ2v) is 9.31. The minimum atomic E-state index is -0.758. The SMILES string of the molecule is CC(C(=O)N1CCOC[C@H](Cc2ccc3ccncc3c2)C1)(c1ccccc1)c1ccccc1. The van der Waals surface area contributed by atoms with Gasteiger partial charge in [-0.25, -0.2) is 0 Å². The van der Waals surface area contributed by atoms with Gasteiger partial charge in [0.15, 0.2) is 0 Å². The highest BCUT2D eigenvalue weighted by molar-refractivity contribution is 5.91. The van der Waals surface area contributed by atoms with Crippen molar-refractivity contribution in [1.29, 1.82) is 0 Å². The fourth-order valence-corrected chi connectivity index (χ4v) is 5.06. The molecule has 2 heterocycles. The number of amides is 1. The van der Waals surface area contributed by atoms with Gasteiger partial charge in [-0.3, -0.25) is 9.78 Å². The summed E-state index contributed by atoms with van der Waals surface area (Å²) in [4.78, 5) is 20.5. The summed E-state index contributed by atoms with van der Waals surface area (Å²) in [5, 5.41) is 2.33. The molecule has 0 bridgehead atoms. The van der Waals surface area contributed by atoms with Crippen LogP contribution in [0.25, 0.3) is 10.8 Å². The summed E-state index contributed by atoms with van der Waals surface area (Å²) in [6.07, 6.45) is 4.59. The molecule has 4 nitrogen and oxygen atoms in total. The summed E-state index contributed by atoms with van der Waals surface area (Å²) >= 11 is 0. The molecule has 0 spiro atoms. The van der Waals surface area contributed by atoms with E-state index in [0.29, 0.717) is 26.3 Å². The first-order valence-electron chi connectivity index (χ1n) is 12.0. The Kier molecular flexibility index (Phi) is 6.41. The maximum absolute atomic E-state index is 14.2. The van der Waals surface area contributed by atoms with Gasteiger partial charge >= 0.3 is 0 Å². The number of carbonyl (C=O) groups excluding carboxylic acids is 1. The number of pyridine rings is 1. The second kappa shape index (κ2) is 9.78. The van der Waals surface area contributed by atoms with E-state index < -0.39 is 5.41 Å². The van der Waals surface area contributed by atoms with Gasteiger partial charge in [0.05, 0.1) is 18.6 Å². The number of carbonyl (C=O) groups is 1. The van der Waals surface area contributed by atoms with Crippen molar-refractivity contribution in [3.63, 3.8) is 0 Å². The molecule has 5 rings (SSSR count). The van der Waals surface area contributed by atoms with Crippen molar-refractivity contribution in [3.8, 4) is 0 Å². The molecule has 0 saturated carbocycles. The van der Waals surface area contributed by atoms with Crippen molar-refractivity contribution in [2.24, 2.45) is 5.92 Å². The maximum Gasteiger partial charge on any atom is 0.237 e. The third kappa shape index (κ3) is 4.46. The highest BCUT2D eigenvalue weighted by Gasteiger charge is 2.40. The van der Waals surface area contributed by atoms with E-state index in [0.717, 1.165) is 22.9 Å². The Morgan fingerprint density at radius 3 is 2.38 bits per heavy atom. The lowest BCUT2D eigenvalue weighted by atomic mass is 9.75. The predicted molar refractivity (Wildman–Crippen MR) is 136 cm³/mol. The Hall–Kier alpha value is -3.50. The number of hydrogen-bond acceptors (Lipinski definition) is 3. The molecule has 1 aliphatic rings. The van der Waals surface area contributed by atoms with Crippen LogP contribution in [0.2, 0.25) is 0 Å². The van der Waals surface area contributed by atoms with E-state index in [2.05, 4.69) is 54.4 Å². The number of benzene rings is 3. The van der Waals surface area contributed by atoms with Gasteiger partial charge in [0.2, 0.25) is 5.91 Å². The summed E-state index contributed by atoms with van der Waals surface area (Å²) in [6, 6.07) is 28.8. The monoisotopic (exact) mass is 450 g/mol. The first kappa shape index (κ1) is 22.3. The van der Waals surface area contributed by atoms with Gasteiger partial charge in [-0.1, -0.05) is 72.8 Å². The van der Waals surface area contributed by atoms with Crippen LogP contribution in [0, 0.1) is 5.92 Å². The van der Waals surface area contributed by atoms with Crippen LogP contribution in [0.3, 0.4) is 0 Å². The molecule has 0 radical (unpaired) electrons. The van der Waals surface area contributed by atoms with E-state index in [4.69, 9.17) is 4.74 Å². The Balaban J connectivity index is 1.42. The molecule has 0 aliphatic carbocycles. The van der Waals surface area contributed by atoms with Crippen LogP contribution in [0.1, 0.15) is 23.6 Å². The highest BCUT2D eigenvalue weighted by atomic mass is 16.5. The van der Waals surface area contributed by atoms with Crippen molar-refractivity contribution in [3.05, 3.63) is 114 Å². The lowest BCUT2D eigenvalue weighted by Gasteiger charge is -2.36. The van der Waals surface area contributed by atoms with Crippen LogP contribution in [-0.2, 0) is 21.4 Å². The zero-order chi connectivity index (χ0) is 23.4. The molecule has 1 fully saturated rings. The van der Waals surface area contributed by atoms with E-state index in [1.54, 1.807) is 0 Å². The summed E-state index contributed by atoms with van der Waals surface area (Å²) in [7, 11) is 0. The van der Waals surface area contributed by atoms with Crippen LogP contribution in [-0.4, -0.2) is 42.1 Å². The third-order valence-electron chi connectivity index (χ3n) is 6.98. The zero-order valence-corrected chi connectivity index (χ0v) is 19.6. The molecule has 0 N–H and O–H groups in total. The Labute approximate surface area is 201 Å². The van der Waals surface area contributed by atoms with E-state index in [1.807, 2.05) is 59.8 Å². The number of ether oxygens (including phenoxy) is 1. The van der Waals surface area contributed by atoms with Crippen molar-refractivity contribution in [2.45, 2.75) is 18.8 Å². The molecule has 34 heavy (non-hydrogen) atoms. The number of aromatic nitrogens is 1. The molecule has 1 atom stereocenters. The van der Waals surface area contributed by atoms with Crippen molar-refractivity contribution < 1.29 is 9.53 Å². The number of fused-ring (bicyclic) bond motifs is 1. The van der Waals surface area contributed by atoms with Crippen molar-refractivity contribution >= 4 is 16.7 Å². The fourth-order valence-electron chi connectivity index (χ4n) is 5.06. The quantitative estimate of drug-likeness (QED) is 0.417. The molecular formula is C30H30N2O2. The Morgan fingerprint density at radius 1 is 0.971 bits per heavy atom. The molecular weight excluding hydrogens is 420 g/mol. The number of rotatable bonds is 5. The maximum atomic E-state index is 14.2. The largest absolute Gasteiger partial charge is 0.379 e. The smallest absolute Gasteiger partial charge is 0.237 e. The number of hydrogen-bond donors (Lipinski definition) is 0. The molecule has 1 aromatic heterocycles. The van der Waals surface area contributed by atoms with Crippen molar-refractivity contribution in [2.75, 3.05) is 26.3 Å². The minimum absolute atomic E-state index is 0.128. The topological polar surface area (TPSA) is 42.4 Å². The second-order valence-electron chi connectivity index (χ2n) is 9.31. The first-order valence-corrected chi connectivity index (χ1v) is 12.0. The van der Waals surface area contributed by atoms with E-state index in [9.17, 15) is 4.79 Å². The van der Waals surface area contributed by atoms with Gasteiger partial charge in [-0.05, 0) is 47.6 Å². The standard InChI is InChI=1S/C30H30N2O2/c1-30(27-8-4-2-5-9-27,28-10-6-3-7-11-28)29(33)32-16-17-34-22-24(21-32)18-23-12-13-25-14-15-31-20-26(25)19-23/h2-15,19-20,24H,16-18,21-22H2,1H3/t24-/m1/s1. The van der Waals surface area contributed by atoms with Crippen LogP contribution in [0.4, 0.5) is 0 Å². The summed E-state index contributed by atoms with van der Waals surface area (Å²) in [6.45, 7) is 4.55. The van der Waals surface area contributed by atoms with Gasteiger partial charge < -0.3 is 9.64 Å². The normalized spacial score (nSPS) is 16.9. The highest BCUT2D eigenvalue weighted by Crippen LogP contribution is 2.34. The number of nitrogens with zero attached hydrogens (tertiary/aromatic N) is 2. The molecule has 4 aromatic rings. The molecule has 1 amide bonds. The van der Waals surface area contributed by atoms with Gasteiger partial charge in [-0.2, -0.15) is 0 Å². The van der Waals surface area contributed by atoms with Crippen LogP contribution < -0.4 is 0 Å². The fraction of sp³-hybridized carbons (Fsp3) is 0.267. The van der Waals surface area contributed by atoms with Gasteiger partial charge in [0, 0.05) is 36.8 Å². The van der Waals surface area contributed by atoms with E-state index in [-0.39, 0.29) is 11.8 Å². The predicted octanol–water partition coefficient (Wildman–Crippen LogP) is 5.26. The average Bonchev–Trinajstić information content (AvgIpc) is 3.14. The lowest BCUT2D eigenvalue weighted by molar-refractivity contribution is -0.135. The van der Waals surface area contributed by atoms with E-state index in [1.165, 1.54) is 10.9 Å². The molecule has 3 aromatic carbocycles. The first-order chi connectivity index (χ1) is 16.6. The van der Waals surface area contributed by atoms with Gasteiger partial charge in [-0.15, -0.1) is 0 Å². The lowest BCUT2D eigenvalue weighted by Crippen LogP contribution is -2.48. The summed E-state index contributed by atoms with van der Waals surface area (Å²) in [5.74, 6) is 0.361. The molecule has 172 valence electrons. The summed E-state index contributed by atoms with van der Waals surface area (Å²) in [5.41, 5.74) is 2.51. The van der Waals surface area contributed by atoms with Crippen molar-refractivity contribution in [1.82, 2.24) is 9.88 Å². The van der Waals surface area contributed by atoms with Crippen LogP contribution in [0.5, 0.6) is 0 Å². The van der Waals surface area contributed by atoms with Crippen LogP contribution in [0.15, 0.2) is 97.3 Å². The molecule has 4 heteroatoms. The molecule has 1 aliphatic heterocycles. The van der Waals surface area contributed by atoms with Gasteiger partial charge in [0.25, 0.3) is 0 Å². The Morgan fingerprint density at radius 2 is 1.68 bits per heavy atom. The average molecular weight is 451 g/mol. The Bertz CT molecular complexity index is 1220. The summed E-state index contributed by atoms with van der Waals surface area (Å²) < 4.78 is 5.97. The van der Waals surface area contributed by atoms with Crippen LogP contribution >= 0.6 is 0 Å².